The van der Waals surface area contributed by atoms with Crippen LogP contribution in [-0.4, -0.2) is 11.0 Å². The van der Waals surface area contributed by atoms with Gasteiger partial charge >= 0.3 is 0 Å². The largest absolute Gasteiger partial charge is 0.384 e. The third-order valence-corrected chi connectivity index (χ3v) is 3.80. The molecule has 0 aromatic heterocycles. The van der Waals surface area contributed by atoms with E-state index < -0.39 is 11.9 Å². The summed E-state index contributed by atoms with van der Waals surface area (Å²) in [5.74, 6) is -0.561. The smallest absolute Gasteiger partial charge is 0.224 e. The van der Waals surface area contributed by atoms with Crippen molar-refractivity contribution in [3.63, 3.8) is 0 Å². The lowest BCUT2D eigenvalue weighted by atomic mass is 9.93. The minimum absolute atomic E-state index is 0.131. The molecule has 0 radical (unpaired) electrons. The van der Waals surface area contributed by atoms with Crippen LogP contribution >= 0.6 is 11.6 Å². The topological polar surface area (TPSA) is 49.3 Å². The quantitative estimate of drug-likeness (QED) is 0.893. The molecule has 0 aliphatic carbocycles. The summed E-state index contributed by atoms with van der Waals surface area (Å²) in [5.41, 5.74) is 2.10. The Morgan fingerprint density at radius 1 is 1.24 bits per heavy atom. The zero-order chi connectivity index (χ0) is 15.0. The first-order valence-corrected chi connectivity index (χ1v) is 6.98. The Labute approximate surface area is 126 Å². The fourth-order valence-electron chi connectivity index (χ4n) is 2.56. The van der Waals surface area contributed by atoms with Crippen LogP contribution in [0, 0.1) is 5.82 Å². The van der Waals surface area contributed by atoms with E-state index in [1.54, 1.807) is 24.3 Å². The second kappa shape index (κ2) is 5.47. The van der Waals surface area contributed by atoms with E-state index in [4.69, 9.17) is 11.6 Å². The maximum atomic E-state index is 13.8. The number of aryl methyl sites for hydroxylation is 1. The number of benzene rings is 2. The lowest BCUT2D eigenvalue weighted by molar-refractivity contribution is -0.116. The molecule has 1 aliphatic heterocycles. The summed E-state index contributed by atoms with van der Waals surface area (Å²) in [6, 6.07) is 9.37. The predicted molar refractivity (Wildman–Crippen MR) is 78.9 cm³/mol. The number of fused-ring (bicyclic) bond motifs is 1. The lowest BCUT2D eigenvalue weighted by Crippen LogP contribution is -2.21. The molecule has 0 fully saturated rings. The van der Waals surface area contributed by atoms with Crippen molar-refractivity contribution in [1.82, 2.24) is 0 Å². The molecule has 1 unspecified atom stereocenters. The fraction of sp³-hybridized carbons (Fsp3) is 0.188. The molecule has 2 N–H and O–H groups in total. The second-order valence-electron chi connectivity index (χ2n) is 5.03. The SMILES string of the molecule is O=C1CCc2cc(F)cc(C(O)c3cccc(Cl)c3)c2N1. The van der Waals surface area contributed by atoms with Gasteiger partial charge < -0.3 is 10.4 Å². The summed E-state index contributed by atoms with van der Waals surface area (Å²) in [7, 11) is 0. The van der Waals surface area contributed by atoms with Crippen LogP contribution in [0.3, 0.4) is 0 Å². The van der Waals surface area contributed by atoms with E-state index in [-0.39, 0.29) is 5.91 Å². The molecular weight excluding hydrogens is 293 g/mol. The Morgan fingerprint density at radius 3 is 2.81 bits per heavy atom. The van der Waals surface area contributed by atoms with Crippen molar-refractivity contribution in [2.24, 2.45) is 0 Å². The normalized spacial score (nSPS) is 15.3. The van der Waals surface area contributed by atoms with Crippen LogP contribution in [0.1, 0.15) is 29.2 Å². The summed E-state index contributed by atoms with van der Waals surface area (Å²) in [4.78, 5) is 11.6. The molecule has 1 heterocycles. The monoisotopic (exact) mass is 305 g/mol. The Kier molecular flexibility index (Phi) is 3.66. The van der Waals surface area contributed by atoms with Crippen LogP contribution in [0.25, 0.3) is 0 Å². The predicted octanol–water partition coefficient (Wildman–Crippen LogP) is 3.45. The van der Waals surface area contributed by atoms with Crippen molar-refractivity contribution in [2.45, 2.75) is 18.9 Å². The molecule has 0 saturated carbocycles. The first kappa shape index (κ1) is 14.0. The number of anilines is 1. The van der Waals surface area contributed by atoms with Crippen LogP contribution < -0.4 is 5.32 Å². The van der Waals surface area contributed by atoms with Crippen LogP contribution in [0.2, 0.25) is 5.02 Å². The van der Waals surface area contributed by atoms with E-state index >= 15 is 0 Å². The number of aliphatic hydroxyl groups excluding tert-OH is 1. The van der Waals surface area contributed by atoms with Crippen molar-refractivity contribution < 1.29 is 14.3 Å². The van der Waals surface area contributed by atoms with Gasteiger partial charge in [-0.1, -0.05) is 23.7 Å². The highest BCUT2D eigenvalue weighted by molar-refractivity contribution is 6.30. The van der Waals surface area contributed by atoms with Crippen LogP contribution in [0.4, 0.5) is 10.1 Å². The molecule has 2 aromatic carbocycles. The minimum Gasteiger partial charge on any atom is -0.384 e. The van der Waals surface area contributed by atoms with E-state index in [0.29, 0.717) is 40.2 Å². The fourth-order valence-corrected chi connectivity index (χ4v) is 2.76. The average molecular weight is 306 g/mol. The van der Waals surface area contributed by atoms with E-state index in [9.17, 15) is 14.3 Å². The van der Waals surface area contributed by atoms with Gasteiger partial charge in [-0.15, -0.1) is 0 Å². The Bertz CT molecular complexity index is 717. The molecule has 1 amide bonds. The summed E-state index contributed by atoms with van der Waals surface area (Å²) in [6.07, 6.45) is -0.260. The number of amides is 1. The average Bonchev–Trinajstić information content (AvgIpc) is 2.46. The number of carbonyl (C=O) groups excluding carboxylic acids is 1. The molecule has 1 aliphatic rings. The number of carbonyl (C=O) groups is 1. The maximum Gasteiger partial charge on any atom is 0.224 e. The van der Waals surface area contributed by atoms with Crippen molar-refractivity contribution in [3.8, 4) is 0 Å². The van der Waals surface area contributed by atoms with Gasteiger partial charge in [-0.2, -0.15) is 0 Å². The first-order valence-electron chi connectivity index (χ1n) is 6.60. The highest BCUT2D eigenvalue weighted by atomic mass is 35.5. The minimum atomic E-state index is -1.05. The number of halogens is 2. The first-order chi connectivity index (χ1) is 10.0. The van der Waals surface area contributed by atoms with Gasteiger partial charge in [-0.05, 0) is 41.8 Å². The molecule has 0 spiro atoms. The van der Waals surface area contributed by atoms with Gasteiger partial charge in [0.15, 0.2) is 0 Å². The second-order valence-corrected chi connectivity index (χ2v) is 5.47. The summed E-state index contributed by atoms with van der Waals surface area (Å²) < 4.78 is 13.8. The van der Waals surface area contributed by atoms with E-state index in [0.717, 1.165) is 0 Å². The highest BCUT2D eigenvalue weighted by Gasteiger charge is 2.23. The van der Waals surface area contributed by atoms with Crippen molar-refractivity contribution in [3.05, 3.63) is 63.9 Å². The number of hydrogen-bond acceptors (Lipinski definition) is 2. The molecular formula is C16H13ClFNO2. The van der Waals surface area contributed by atoms with Crippen LogP contribution in [0.15, 0.2) is 36.4 Å². The van der Waals surface area contributed by atoms with Crippen LogP contribution in [0.5, 0.6) is 0 Å². The van der Waals surface area contributed by atoms with Crippen molar-refractivity contribution in [2.75, 3.05) is 5.32 Å². The molecule has 5 heteroatoms. The van der Waals surface area contributed by atoms with Gasteiger partial charge in [0.05, 0.1) is 5.69 Å². The molecule has 0 saturated heterocycles. The van der Waals surface area contributed by atoms with Gasteiger partial charge in [0.25, 0.3) is 0 Å². The standard InChI is InChI=1S/C16H13ClFNO2/c17-11-3-1-2-10(6-11)16(21)13-8-12(18)7-9-4-5-14(20)19-15(9)13/h1-3,6-8,16,21H,4-5H2,(H,19,20). The zero-order valence-electron chi connectivity index (χ0n) is 11.1. The van der Waals surface area contributed by atoms with Crippen molar-refractivity contribution in [1.29, 1.82) is 0 Å². The Balaban J connectivity index is 2.09. The summed E-state index contributed by atoms with van der Waals surface area (Å²) in [5, 5.41) is 13.7. The highest BCUT2D eigenvalue weighted by Crippen LogP contribution is 2.35. The van der Waals surface area contributed by atoms with Gasteiger partial charge in [0.1, 0.15) is 11.9 Å². The lowest BCUT2D eigenvalue weighted by Gasteiger charge is -2.23. The molecule has 3 rings (SSSR count). The summed E-state index contributed by atoms with van der Waals surface area (Å²) in [6.45, 7) is 0. The molecule has 3 nitrogen and oxygen atoms in total. The molecule has 108 valence electrons. The number of rotatable bonds is 2. The third-order valence-electron chi connectivity index (χ3n) is 3.56. The zero-order valence-corrected chi connectivity index (χ0v) is 11.8. The summed E-state index contributed by atoms with van der Waals surface area (Å²) >= 11 is 5.92. The van der Waals surface area contributed by atoms with Crippen LogP contribution in [-0.2, 0) is 11.2 Å². The van der Waals surface area contributed by atoms with Gasteiger partial charge in [0, 0.05) is 17.0 Å². The number of nitrogens with one attached hydrogen (secondary N) is 1. The molecule has 0 bridgehead atoms. The van der Waals surface area contributed by atoms with Gasteiger partial charge in [-0.25, -0.2) is 4.39 Å². The van der Waals surface area contributed by atoms with Crippen molar-refractivity contribution >= 4 is 23.2 Å². The van der Waals surface area contributed by atoms with E-state index in [1.807, 2.05) is 0 Å². The molecule has 21 heavy (non-hydrogen) atoms. The van der Waals surface area contributed by atoms with E-state index in [2.05, 4.69) is 5.32 Å². The molecule has 2 aromatic rings. The van der Waals surface area contributed by atoms with Gasteiger partial charge in [0.2, 0.25) is 5.91 Å². The Hall–Kier alpha value is -1.91. The molecule has 1 atom stereocenters. The Morgan fingerprint density at radius 2 is 2.05 bits per heavy atom. The number of hydrogen-bond donors (Lipinski definition) is 2. The maximum absolute atomic E-state index is 13.8. The van der Waals surface area contributed by atoms with E-state index in [1.165, 1.54) is 12.1 Å². The number of aliphatic hydroxyl groups is 1. The van der Waals surface area contributed by atoms with Gasteiger partial charge in [-0.3, -0.25) is 4.79 Å². The third kappa shape index (κ3) is 2.77.